The number of aldehydes is 1. The van der Waals surface area contributed by atoms with Crippen molar-refractivity contribution in [2.75, 3.05) is 5.75 Å². The molecule has 0 heterocycles. The van der Waals surface area contributed by atoms with Crippen LogP contribution in [0.2, 0.25) is 0 Å². The molecule has 2 aromatic carbocycles. The lowest BCUT2D eigenvalue weighted by atomic mass is 9.98. The van der Waals surface area contributed by atoms with Crippen LogP contribution in [0, 0.1) is 0 Å². The van der Waals surface area contributed by atoms with E-state index < -0.39 is 0 Å². The molecule has 0 spiro atoms. The smallest absolute Gasteiger partial charge is 0.128 e. The van der Waals surface area contributed by atoms with Crippen LogP contribution in [0.4, 0.5) is 0 Å². The van der Waals surface area contributed by atoms with E-state index in [1.807, 2.05) is 42.5 Å². The number of carbonyl (C=O) groups is 1. The molecular weight excluding hydrogens is 228 g/mol. The maximum atomic E-state index is 10.8. The van der Waals surface area contributed by atoms with Crippen LogP contribution < -0.4 is 0 Å². The van der Waals surface area contributed by atoms with E-state index >= 15 is 0 Å². The average Bonchev–Trinajstić information content (AvgIpc) is 2.42. The highest BCUT2D eigenvalue weighted by Gasteiger charge is 2.07. The quantitative estimate of drug-likeness (QED) is 0.640. The molecule has 2 heteroatoms. The van der Waals surface area contributed by atoms with Crippen LogP contribution in [0.1, 0.15) is 11.5 Å². The summed E-state index contributed by atoms with van der Waals surface area (Å²) in [4.78, 5) is 10.8. The lowest BCUT2D eigenvalue weighted by Crippen LogP contribution is -2.01. The Labute approximate surface area is 107 Å². The standard InChI is InChI=1S/C15H14OS/c16-10-15(11-17)14-8-6-13(7-9-14)12-4-2-1-3-5-12/h1-10,15,17H,11H2. The molecule has 0 saturated carbocycles. The van der Waals surface area contributed by atoms with Crippen molar-refractivity contribution in [1.29, 1.82) is 0 Å². The SMILES string of the molecule is O=CC(CS)c1ccc(-c2ccccc2)cc1. The summed E-state index contributed by atoms with van der Waals surface area (Å²) in [5.74, 6) is 0.442. The molecule has 0 aliphatic carbocycles. The van der Waals surface area contributed by atoms with Crippen molar-refractivity contribution in [2.24, 2.45) is 0 Å². The summed E-state index contributed by atoms with van der Waals surface area (Å²) in [6, 6.07) is 18.3. The van der Waals surface area contributed by atoms with Crippen LogP contribution >= 0.6 is 12.6 Å². The van der Waals surface area contributed by atoms with Gasteiger partial charge in [-0.05, 0) is 16.7 Å². The molecule has 0 amide bonds. The Morgan fingerprint density at radius 3 is 2.06 bits per heavy atom. The largest absolute Gasteiger partial charge is 0.303 e. The first-order chi connectivity index (χ1) is 8.35. The Bertz CT molecular complexity index is 476. The molecule has 1 nitrogen and oxygen atoms in total. The third kappa shape index (κ3) is 2.77. The summed E-state index contributed by atoms with van der Waals surface area (Å²) >= 11 is 4.17. The molecule has 0 aliphatic heterocycles. The fraction of sp³-hybridized carbons (Fsp3) is 0.133. The van der Waals surface area contributed by atoms with Crippen LogP contribution in [-0.4, -0.2) is 12.0 Å². The Hall–Kier alpha value is -1.54. The van der Waals surface area contributed by atoms with Gasteiger partial charge in [0, 0.05) is 11.7 Å². The Balaban J connectivity index is 2.27. The molecule has 0 bridgehead atoms. The molecule has 1 atom stereocenters. The first-order valence-electron chi connectivity index (χ1n) is 5.56. The van der Waals surface area contributed by atoms with E-state index in [0.717, 1.165) is 17.4 Å². The second-order valence-electron chi connectivity index (χ2n) is 3.91. The first-order valence-corrected chi connectivity index (χ1v) is 6.20. The van der Waals surface area contributed by atoms with Crippen molar-refractivity contribution in [3.8, 4) is 11.1 Å². The summed E-state index contributed by atoms with van der Waals surface area (Å²) in [6.07, 6.45) is 0.949. The van der Waals surface area contributed by atoms with Gasteiger partial charge in [-0.2, -0.15) is 12.6 Å². The Kier molecular flexibility index (Phi) is 3.99. The van der Waals surface area contributed by atoms with E-state index in [1.54, 1.807) is 0 Å². The Morgan fingerprint density at radius 1 is 0.941 bits per heavy atom. The maximum Gasteiger partial charge on any atom is 0.128 e. The summed E-state index contributed by atoms with van der Waals surface area (Å²) in [6.45, 7) is 0. The van der Waals surface area contributed by atoms with Crippen LogP contribution in [0.3, 0.4) is 0 Å². The van der Waals surface area contributed by atoms with Gasteiger partial charge < -0.3 is 4.79 Å². The van der Waals surface area contributed by atoms with Crippen molar-refractivity contribution >= 4 is 18.9 Å². The fourth-order valence-corrected chi connectivity index (χ4v) is 2.08. The van der Waals surface area contributed by atoms with Crippen molar-refractivity contribution < 1.29 is 4.79 Å². The molecule has 0 aromatic heterocycles. The highest BCUT2D eigenvalue weighted by Crippen LogP contribution is 2.22. The van der Waals surface area contributed by atoms with Gasteiger partial charge in [-0.3, -0.25) is 0 Å². The lowest BCUT2D eigenvalue weighted by Gasteiger charge is -2.08. The average molecular weight is 242 g/mol. The summed E-state index contributed by atoms with van der Waals surface area (Å²) in [7, 11) is 0. The van der Waals surface area contributed by atoms with Gasteiger partial charge in [0.1, 0.15) is 6.29 Å². The highest BCUT2D eigenvalue weighted by molar-refractivity contribution is 7.80. The molecule has 0 fully saturated rings. The molecule has 86 valence electrons. The minimum atomic E-state index is -0.108. The van der Waals surface area contributed by atoms with Crippen LogP contribution in [0.5, 0.6) is 0 Å². The van der Waals surface area contributed by atoms with E-state index in [2.05, 4.69) is 24.8 Å². The minimum Gasteiger partial charge on any atom is -0.303 e. The molecule has 2 aromatic rings. The van der Waals surface area contributed by atoms with Gasteiger partial charge in [0.05, 0.1) is 0 Å². The lowest BCUT2D eigenvalue weighted by molar-refractivity contribution is -0.108. The van der Waals surface area contributed by atoms with E-state index in [9.17, 15) is 4.79 Å². The highest BCUT2D eigenvalue weighted by atomic mass is 32.1. The predicted molar refractivity (Wildman–Crippen MR) is 74.5 cm³/mol. The summed E-state index contributed by atoms with van der Waals surface area (Å²) < 4.78 is 0. The maximum absolute atomic E-state index is 10.8. The fourth-order valence-electron chi connectivity index (χ4n) is 1.78. The van der Waals surface area contributed by atoms with E-state index in [4.69, 9.17) is 0 Å². The zero-order chi connectivity index (χ0) is 12.1. The van der Waals surface area contributed by atoms with Gasteiger partial charge in [-0.1, -0.05) is 54.6 Å². The van der Waals surface area contributed by atoms with Gasteiger partial charge in [-0.25, -0.2) is 0 Å². The van der Waals surface area contributed by atoms with Crippen LogP contribution in [0.15, 0.2) is 54.6 Å². The molecule has 2 rings (SSSR count). The number of benzene rings is 2. The van der Waals surface area contributed by atoms with Crippen LogP contribution in [0.25, 0.3) is 11.1 Å². The number of hydrogen-bond donors (Lipinski definition) is 1. The first kappa shape index (κ1) is 11.9. The van der Waals surface area contributed by atoms with Gasteiger partial charge in [-0.15, -0.1) is 0 Å². The third-order valence-electron chi connectivity index (χ3n) is 2.81. The second kappa shape index (κ2) is 5.69. The van der Waals surface area contributed by atoms with Gasteiger partial charge in [0.2, 0.25) is 0 Å². The summed E-state index contributed by atoms with van der Waals surface area (Å²) in [5, 5.41) is 0. The van der Waals surface area contributed by atoms with Crippen LogP contribution in [-0.2, 0) is 4.79 Å². The molecule has 1 unspecified atom stereocenters. The minimum absolute atomic E-state index is 0.108. The molecule has 0 saturated heterocycles. The van der Waals surface area contributed by atoms with Crippen molar-refractivity contribution in [1.82, 2.24) is 0 Å². The number of thiol groups is 1. The monoisotopic (exact) mass is 242 g/mol. The molecule has 0 aliphatic rings. The van der Waals surface area contributed by atoms with E-state index in [0.29, 0.717) is 5.75 Å². The van der Waals surface area contributed by atoms with Gasteiger partial charge in [0.15, 0.2) is 0 Å². The number of rotatable bonds is 4. The normalized spacial score (nSPS) is 12.1. The predicted octanol–water partition coefficient (Wildman–Crippen LogP) is 3.57. The zero-order valence-corrected chi connectivity index (χ0v) is 10.3. The topological polar surface area (TPSA) is 17.1 Å². The van der Waals surface area contributed by atoms with Gasteiger partial charge >= 0.3 is 0 Å². The molecule has 17 heavy (non-hydrogen) atoms. The Morgan fingerprint density at radius 2 is 1.53 bits per heavy atom. The third-order valence-corrected chi connectivity index (χ3v) is 3.20. The number of carbonyl (C=O) groups excluding carboxylic acids is 1. The summed E-state index contributed by atoms with van der Waals surface area (Å²) in [5.41, 5.74) is 3.38. The zero-order valence-electron chi connectivity index (χ0n) is 9.41. The molecule has 0 N–H and O–H groups in total. The van der Waals surface area contributed by atoms with Crippen molar-refractivity contribution in [3.05, 3.63) is 60.2 Å². The van der Waals surface area contributed by atoms with E-state index in [1.165, 1.54) is 5.56 Å². The molecule has 0 radical (unpaired) electrons. The molecular formula is C15H14OS. The van der Waals surface area contributed by atoms with E-state index in [-0.39, 0.29) is 5.92 Å². The van der Waals surface area contributed by atoms with Gasteiger partial charge in [0.25, 0.3) is 0 Å². The van der Waals surface area contributed by atoms with Crippen molar-refractivity contribution in [3.63, 3.8) is 0 Å². The second-order valence-corrected chi connectivity index (χ2v) is 4.28. The van der Waals surface area contributed by atoms with Crippen molar-refractivity contribution in [2.45, 2.75) is 5.92 Å². The number of hydrogen-bond acceptors (Lipinski definition) is 2.